The van der Waals surface area contributed by atoms with Crippen molar-refractivity contribution in [1.82, 2.24) is 0 Å². The number of carbonyl (C=O) groups is 1. The van der Waals surface area contributed by atoms with E-state index in [0.717, 1.165) is 0 Å². The maximum absolute atomic E-state index is 9.90. The molecule has 10 N–H and O–H groups in total. The highest BCUT2D eigenvalue weighted by Crippen LogP contribution is 2.03. The quantitative estimate of drug-likeness (QED) is 0.179. The van der Waals surface area contributed by atoms with E-state index in [9.17, 15) is 4.79 Å². The van der Waals surface area contributed by atoms with Crippen LogP contribution in [0.1, 0.15) is 0 Å². The molecule has 0 aliphatic heterocycles. The van der Waals surface area contributed by atoms with Crippen LogP contribution in [-0.2, 0) is 4.79 Å². The molecule has 0 heterocycles. The van der Waals surface area contributed by atoms with E-state index in [1.165, 1.54) is 0 Å². The number of aliphatic hydroxyl groups is 10. The largest absolute Gasteiger partial charge is 0.394 e. The van der Waals surface area contributed by atoms with Crippen molar-refractivity contribution >= 4 is 6.29 Å². The molecule has 134 valence electrons. The third kappa shape index (κ3) is 8.65. The number of hydrogen-bond donors (Lipinski definition) is 10. The molecule has 0 amide bonds. The lowest BCUT2D eigenvalue weighted by Crippen LogP contribution is -2.46. The predicted octanol–water partition coefficient (Wildman–Crippen LogP) is -6.33. The number of aliphatic hydroxyl groups excluding tert-OH is 10. The van der Waals surface area contributed by atoms with E-state index in [1.807, 2.05) is 0 Å². The molecule has 0 aliphatic carbocycles. The molecule has 0 bridgehead atoms. The van der Waals surface area contributed by atoms with Gasteiger partial charge in [-0.2, -0.15) is 0 Å². The second-order valence-corrected chi connectivity index (χ2v) is 4.35. The van der Waals surface area contributed by atoms with Crippen LogP contribution in [0.5, 0.6) is 0 Å². The average Bonchev–Trinajstić information content (AvgIpc) is 2.56. The van der Waals surface area contributed by atoms with E-state index in [0.29, 0.717) is 0 Å². The van der Waals surface area contributed by atoms with E-state index in [4.69, 9.17) is 51.1 Å². The highest BCUT2D eigenvalue weighted by atomic mass is 16.4. The van der Waals surface area contributed by atoms with Gasteiger partial charge in [0.05, 0.1) is 19.8 Å². The number of carbonyl (C=O) groups excluding carboxylic acids is 1. The van der Waals surface area contributed by atoms with E-state index in [1.54, 1.807) is 0 Å². The summed E-state index contributed by atoms with van der Waals surface area (Å²) in [5.41, 5.74) is 0. The number of hydrogen-bond acceptors (Lipinski definition) is 11. The van der Waals surface area contributed by atoms with E-state index in [-0.39, 0.29) is 6.29 Å². The highest BCUT2D eigenvalue weighted by Gasteiger charge is 2.29. The third-order valence-electron chi connectivity index (χ3n) is 2.58. The van der Waals surface area contributed by atoms with E-state index >= 15 is 0 Å². The Morgan fingerprint density at radius 2 is 0.909 bits per heavy atom. The molecular formula is C11H24O11. The first kappa shape index (κ1) is 23.5. The zero-order valence-corrected chi connectivity index (χ0v) is 11.6. The van der Waals surface area contributed by atoms with Gasteiger partial charge in [0.2, 0.25) is 0 Å². The molecule has 7 atom stereocenters. The summed E-state index contributed by atoms with van der Waals surface area (Å²) < 4.78 is 0. The van der Waals surface area contributed by atoms with Gasteiger partial charge in [0.15, 0.2) is 6.29 Å². The number of rotatable bonds is 9. The number of aldehydes is 1. The smallest absolute Gasteiger partial charge is 0.151 e. The summed E-state index contributed by atoms with van der Waals surface area (Å²) in [5.74, 6) is 0. The highest BCUT2D eigenvalue weighted by molar-refractivity contribution is 5.56. The summed E-state index contributed by atoms with van der Waals surface area (Å²) in [6.07, 6.45) is -11.1. The second-order valence-electron chi connectivity index (χ2n) is 4.35. The summed E-state index contributed by atoms with van der Waals surface area (Å²) in [6.45, 7) is -2.04. The average molecular weight is 332 g/mol. The van der Waals surface area contributed by atoms with Crippen molar-refractivity contribution in [1.29, 1.82) is 0 Å². The molecule has 0 rings (SSSR count). The minimum Gasteiger partial charge on any atom is -0.394 e. The summed E-state index contributed by atoms with van der Waals surface area (Å²) in [5, 5.41) is 86.1. The van der Waals surface area contributed by atoms with Crippen LogP contribution in [-0.4, -0.2) is 120 Å². The van der Waals surface area contributed by atoms with Crippen LogP contribution >= 0.6 is 0 Å². The van der Waals surface area contributed by atoms with Crippen molar-refractivity contribution in [3.8, 4) is 0 Å². The molecule has 0 aromatic heterocycles. The predicted molar refractivity (Wildman–Crippen MR) is 69.4 cm³/mol. The van der Waals surface area contributed by atoms with Crippen molar-refractivity contribution in [3.05, 3.63) is 0 Å². The van der Waals surface area contributed by atoms with Crippen LogP contribution < -0.4 is 0 Å². The van der Waals surface area contributed by atoms with Crippen LogP contribution in [0.25, 0.3) is 0 Å². The first-order chi connectivity index (χ1) is 10.2. The summed E-state index contributed by atoms with van der Waals surface area (Å²) in [6, 6.07) is 0. The first-order valence-electron chi connectivity index (χ1n) is 6.22. The van der Waals surface area contributed by atoms with Crippen molar-refractivity contribution in [2.75, 3.05) is 19.8 Å². The van der Waals surface area contributed by atoms with Gasteiger partial charge in [-0.05, 0) is 0 Å². The van der Waals surface area contributed by atoms with Crippen LogP contribution in [0.15, 0.2) is 0 Å². The van der Waals surface area contributed by atoms with Crippen molar-refractivity contribution < 1.29 is 55.9 Å². The van der Waals surface area contributed by atoms with Gasteiger partial charge in [-0.15, -0.1) is 0 Å². The molecule has 0 unspecified atom stereocenters. The maximum atomic E-state index is 9.90. The van der Waals surface area contributed by atoms with E-state index < -0.39 is 62.5 Å². The lowest BCUT2D eigenvalue weighted by Gasteiger charge is -2.22. The van der Waals surface area contributed by atoms with Gasteiger partial charge in [0.25, 0.3) is 0 Å². The summed E-state index contributed by atoms with van der Waals surface area (Å²) in [7, 11) is 0. The molecule has 22 heavy (non-hydrogen) atoms. The standard InChI is InChI=1S/C6H12O6.C5H12O5/c7-1-3(9)5(11)6(12)4(10)2-8;6-1-3(8)5(10)4(9)2-7/h1,3-6,8-12H,2H2;3-10H,1-2H2/t3-,4-,5-,6+;3-,4+,5+/m1./s1. The molecular weight excluding hydrogens is 308 g/mol. The van der Waals surface area contributed by atoms with Crippen LogP contribution in [0, 0.1) is 0 Å². The van der Waals surface area contributed by atoms with Gasteiger partial charge in [-0.1, -0.05) is 0 Å². The van der Waals surface area contributed by atoms with Crippen molar-refractivity contribution in [2.45, 2.75) is 42.7 Å². The fourth-order valence-corrected chi connectivity index (χ4v) is 1.09. The molecule has 0 spiro atoms. The van der Waals surface area contributed by atoms with Gasteiger partial charge < -0.3 is 55.9 Å². The van der Waals surface area contributed by atoms with Crippen LogP contribution in [0.2, 0.25) is 0 Å². The van der Waals surface area contributed by atoms with Gasteiger partial charge in [0, 0.05) is 0 Å². The first-order valence-corrected chi connectivity index (χ1v) is 6.22. The Hall–Kier alpha value is -0.730. The molecule has 0 saturated heterocycles. The maximum Gasteiger partial charge on any atom is 0.151 e. The minimum atomic E-state index is -1.79. The fraction of sp³-hybridized carbons (Fsp3) is 0.909. The van der Waals surface area contributed by atoms with Gasteiger partial charge >= 0.3 is 0 Å². The fourth-order valence-electron chi connectivity index (χ4n) is 1.09. The van der Waals surface area contributed by atoms with Crippen molar-refractivity contribution in [3.63, 3.8) is 0 Å². The molecule has 0 aliphatic rings. The molecule has 0 fully saturated rings. The Kier molecular flexibility index (Phi) is 13.7. The zero-order chi connectivity index (χ0) is 17.9. The third-order valence-corrected chi connectivity index (χ3v) is 2.58. The topological polar surface area (TPSA) is 219 Å². The SMILES string of the molecule is O=C[C@@H](O)[C@@H](O)[C@@H](O)[C@H](O)CO.OC[C@@H](O)[C@H](O)[C@@H](O)CO. The normalized spacial score (nSPS) is 20.6. The molecule has 11 nitrogen and oxygen atoms in total. The summed E-state index contributed by atoms with van der Waals surface area (Å²) in [4.78, 5) is 9.90. The Balaban J connectivity index is 0. The molecule has 0 saturated carbocycles. The molecule has 11 heteroatoms. The Bertz CT molecular complexity index is 267. The summed E-state index contributed by atoms with van der Waals surface area (Å²) >= 11 is 0. The Morgan fingerprint density at radius 3 is 1.18 bits per heavy atom. The molecule has 0 aromatic rings. The molecule has 0 aromatic carbocycles. The molecule has 0 radical (unpaired) electrons. The minimum absolute atomic E-state index is 0.0258. The van der Waals surface area contributed by atoms with Crippen LogP contribution in [0.4, 0.5) is 0 Å². The second kappa shape index (κ2) is 12.8. The van der Waals surface area contributed by atoms with Crippen molar-refractivity contribution in [2.24, 2.45) is 0 Å². The monoisotopic (exact) mass is 332 g/mol. The van der Waals surface area contributed by atoms with Crippen LogP contribution in [0.3, 0.4) is 0 Å². The Labute approximate surface area is 125 Å². The Morgan fingerprint density at radius 1 is 0.591 bits per heavy atom. The van der Waals surface area contributed by atoms with Gasteiger partial charge in [-0.3, -0.25) is 0 Å². The lowest BCUT2D eigenvalue weighted by atomic mass is 10.0. The van der Waals surface area contributed by atoms with Gasteiger partial charge in [0.1, 0.15) is 42.7 Å². The van der Waals surface area contributed by atoms with E-state index in [2.05, 4.69) is 0 Å². The lowest BCUT2D eigenvalue weighted by molar-refractivity contribution is -0.136. The van der Waals surface area contributed by atoms with Gasteiger partial charge in [-0.25, -0.2) is 0 Å². The zero-order valence-electron chi connectivity index (χ0n) is 11.6.